The Morgan fingerprint density at radius 2 is 2.46 bits per heavy atom. The first-order valence-corrected chi connectivity index (χ1v) is 4.52. The summed E-state index contributed by atoms with van der Waals surface area (Å²) < 4.78 is 4.89. The molecule has 0 amide bonds. The molecule has 0 unspecified atom stereocenters. The Morgan fingerprint density at radius 3 is 3.00 bits per heavy atom. The van der Waals surface area contributed by atoms with E-state index in [0.29, 0.717) is 22.7 Å². The number of carbonyl (C=O) groups is 1. The van der Waals surface area contributed by atoms with E-state index in [-0.39, 0.29) is 0 Å². The molecule has 2 aromatic rings. The van der Waals surface area contributed by atoms with Gasteiger partial charge in [-0.2, -0.15) is 0 Å². The largest absolute Gasteiger partial charge is 0.361 e. The molecule has 0 saturated carbocycles. The van der Waals surface area contributed by atoms with Crippen LogP contribution < -0.4 is 0 Å². The second-order valence-corrected chi connectivity index (χ2v) is 3.38. The second kappa shape index (κ2) is 3.10. The quantitative estimate of drug-likeness (QED) is 0.685. The lowest BCUT2D eigenvalue weighted by Gasteiger charge is -1.81. The van der Waals surface area contributed by atoms with Crippen LogP contribution in [-0.4, -0.2) is 16.4 Å². The standard InChI is InChI=1S/C8H6N2O2S/c1-5-2-7(10-12-5)8-9-6(3-11)4-13-8/h2-4H,1H3. The van der Waals surface area contributed by atoms with Crippen LogP contribution in [0.5, 0.6) is 0 Å². The molecule has 13 heavy (non-hydrogen) atoms. The van der Waals surface area contributed by atoms with Crippen molar-refractivity contribution >= 4 is 17.6 Å². The highest BCUT2D eigenvalue weighted by Crippen LogP contribution is 2.22. The zero-order chi connectivity index (χ0) is 9.26. The third-order valence-electron chi connectivity index (χ3n) is 1.49. The van der Waals surface area contributed by atoms with Gasteiger partial charge in [-0.15, -0.1) is 11.3 Å². The summed E-state index contributed by atoms with van der Waals surface area (Å²) in [4.78, 5) is 14.4. The number of aryl methyl sites for hydroxylation is 1. The first kappa shape index (κ1) is 8.12. The van der Waals surface area contributed by atoms with Crippen molar-refractivity contribution in [3.63, 3.8) is 0 Å². The molecule has 0 aliphatic carbocycles. The van der Waals surface area contributed by atoms with Gasteiger partial charge in [0.05, 0.1) is 0 Å². The molecule has 0 radical (unpaired) electrons. The first-order chi connectivity index (χ1) is 6.29. The fourth-order valence-corrected chi connectivity index (χ4v) is 1.64. The summed E-state index contributed by atoms with van der Waals surface area (Å²) in [7, 11) is 0. The SMILES string of the molecule is Cc1cc(-c2nc(C=O)cs2)no1. The predicted molar refractivity (Wildman–Crippen MR) is 47.7 cm³/mol. The summed E-state index contributed by atoms with van der Waals surface area (Å²) >= 11 is 1.38. The molecule has 0 atom stereocenters. The van der Waals surface area contributed by atoms with Gasteiger partial charge in [0.2, 0.25) is 0 Å². The molecule has 0 bridgehead atoms. The van der Waals surface area contributed by atoms with E-state index in [1.165, 1.54) is 11.3 Å². The average molecular weight is 194 g/mol. The molecule has 0 aliphatic heterocycles. The van der Waals surface area contributed by atoms with Gasteiger partial charge < -0.3 is 4.52 Å². The molecule has 0 spiro atoms. The maximum atomic E-state index is 10.4. The number of aldehydes is 1. The predicted octanol–water partition coefficient (Wildman–Crippen LogP) is 1.92. The number of carbonyl (C=O) groups excluding carboxylic acids is 1. The van der Waals surface area contributed by atoms with E-state index < -0.39 is 0 Å². The maximum absolute atomic E-state index is 10.4. The van der Waals surface area contributed by atoms with E-state index in [1.807, 2.05) is 6.92 Å². The third-order valence-corrected chi connectivity index (χ3v) is 2.37. The zero-order valence-electron chi connectivity index (χ0n) is 6.85. The van der Waals surface area contributed by atoms with Crippen molar-refractivity contribution in [2.24, 2.45) is 0 Å². The minimum absolute atomic E-state index is 0.431. The smallest absolute Gasteiger partial charge is 0.169 e. The summed E-state index contributed by atoms with van der Waals surface area (Å²) in [6.45, 7) is 1.81. The van der Waals surface area contributed by atoms with Gasteiger partial charge in [0.25, 0.3) is 0 Å². The Hall–Kier alpha value is -1.49. The van der Waals surface area contributed by atoms with Crippen molar-refractivity contribution in [1.29, 1.82) is 0 Å². The maximum Gasteiger partial charge on any atom is 0.169 e. The van der Waals surface area contributed by atoms with Gasteiger partial charge in [-0.1, -0.05) is 5.16 Å². The zero-order valence-corrected chi connectivity index (χ0v) is 7.67. The molecule has 4 nitrogen and oxygen atoms in total. The van der Waals surface area contributed by atoms with E-state index >= 15 is 0 Å². The van der Waals surface area contributed by atoms with E-state index in [2.05, 4.69) is 10.1 Å². The van der Waals surface area contributed by atoms with E-state index in [0.717, 1.165) is 5.76 Å². The molecule has 2 heterocycles. The van der Waals surface area contributed by atoms with Crippen LogP contribution in [-0.2, 0) is 0 Å². The normalized spacial score (nSPS) is 10.2. The van der Waals surface area contributed by atoms with Gasteiger partial charge in [0.1, 0.15) is 22.2 Å². The summed E-state index contributed by atoms with van der Waals surface area (Å²) in [6.07, 6.45) is 0.715. The number of rotatable bonds is 2. The highest BCUT2D eigenvalue weighted by Gasteiger charge is 2.07. The van der Waals surface area contributed by atoms with Crippen LogP contribution in [0.15, 0.2) is 16.0 Å². The van der Waals surface area contributed by atoms with Crippen LogP contribution in [0.1, 0.15) is 16.2 Å². The second-order valence-electron chi connectivity index (χ2n) is 2.52. The Bertz CT molecular complexity index is 433. The molecule has 0 N–H and O–H groups in total. The van der Waals surface area contributed by atoms with Crippen LogP contribution in [0, 0.1) is 6.92 Å². The van der Waals surface area contributed by atoms with Gasteiger partial charge in [0, 0.05) is 11.4 Å². The van der Waals surface area contributed by atoms with Crippen LogP contribution in [0.25, 0.3) is 10.7 Å². The lowest BCUT2D eigenvalue weighted by Crippen LogP contribution is -1.79. The molecular formula is C8H6N2O2S. The topological polar surface area (TPSA) is 56.0 Å². The van der Waals surface area contributed by atoms with E-state index in [9.17, 15) is 4.79 Å². The van der Waals surface area contributed by atoms with Gasteiger partial charge >= 0.3 is 0 Å². The van der Waals surface area contributed by atoms with Gasteiger partial charge in [-0.25, -0.2) is 4.98 Å². The number of hydrogen-bond acceptors (Lipinski definition) is 5. The monoisotopic (exact) mass is 194 g/mol. The number of aromatic nitrogens is 2. The fraction of sp³-hybridized carbons (Fsp3) is 0.125. The van der Waals surface area contributed by atoms with Crippen molar-refractivity contribution < 1.29 is 9.32 Å². The molecule has 0 aromatic carbocycles. The third kappa shape index (κ3) is 1.50. The summed E-state index contributed by atoms with van der Waals surface area (Å²) in [5.41, 5.74) is 1.11. The minimum Gasteiger partial charge on any atom is -0.361 e. The molecule has 0 fully saturated rings. The molecule has 0 aliphatic rings. The van der Waals surface area contributed by atoms with Gasteiger partial charge in [-0.05, 0) is 6.92 Å². The van der Waals surface area contributed by atoms with Crippen LogP contribution in [0.2, 0.25) is 0 Å². The van der Waals surface area contributed by atoms with Crippen molar-refractivity contribution in [3.8, 4) is 10.7 Å². The van der Waals surface area contributed by atoms with Crippen LogP contribution in [0.3, 0.4) is 0 Å². The molecule has 5 heteroatoms. The molecular weight excluding hydrogens is 188 g/mol. The Morgan fingerprint density at radius 1 is 1.62 bits per heavy atom. The number of thiazole rings is 1. The van der Waals surface area contributed by atoms with Crippen molar-refractivity contribution in [1.82, 2.24) is 10.1 Å². The Kier molecular flexibility index (Phi) is 1.94. The summed E-state index contributed by atoms with van der Waals surface area (Å²) in [6, 6.07) is 1.79. The van der Waals surface area contributed by atoms with Crippen LogP contribution in [0.4, 0.5) is 0 Å². The summed E-state index contributed by atoms with van der Waals surface area (Å²) in [5, 5.41) is 6.18. The van der Waals surface area contributed by atoms with Crippen molar-refractivity contribution in [2.45, 2.75) is 6.92 Å². The fourth-order valence-electron chi connectivity index (χ4n) is 0.925. The van der Waals surface area contributed by atoms with Crippen molar-refractivity contribution in [2.75, 3.05) is 0 Å². The number of nitrogens with zero attached hydrogens (tertiary/aromatic N) is 2. The highest BCUT2D eigenvalue weighted by molar-refractivity contribution is 7.13. The van der Waals surface area contributed by atoms with E-state index in [4.69, 9.17) is 4.52 Å². The van der Waals surface area contributed by atoms with Gasteiger partial charge in [-0.3, -0.25) is 4.79 Å². The lowest BCUT2D eigenvalue weighted by molar-refractivity contribution is 0.111. The van der Waals surface area contributed by atoms with Crippen molar-refractivity contribution in [3.05, 3.63) is 22.9 Å². The Labute approximate surface area is 78.2 Å². The Balaban J connectivity index is 2.40. The summed E-state index contributed by atoms with van der Waals surface area (Å²) in [5.74, 6) is 0.734. The van der Waals surface area contributed by atoms with Gasteiger partial charge in [0.15, 0.2) is 6.29 Å². The molecule has 66 valence electrons. The molecule has 2 rings (SSSR count). The first-order valence-electron chi connectivity index (χ1n) is 3.64. The average Bonchev–Trinajstić information content (AvgIpc) is 2.71. The molecule has 0 saturated heterocycles. The molecule has 2 aromatic heterocycles. The highest BCUT2D eigenvalue weighted by atomic mass is 32.1. The number of hydrogen-bond donors (Lipinski definition) is 0. The van der Waals surface area contributed by atoms with Crippen LogP contribution >= 0.6 is 11.3 Å². The van der Waals surface area contributed by atoms with E-state index in [1.54, 1.807) is 11.4 Å². The lowest BCUT2D eigenvalue weighted by atomic mass is 10.4. The minimum atomic E-state index is 0.431.